The highest BCUT2D eigenvalue weighted by Crippen LogP contribution is 2.27. The quantitative estimate of drug-likeness (QED) is 0.644. The van der Waals surface area contributed by atoms with Crippen molar-refractivity contribution in [2.45, 2.75) is 19.3 Å². The van der Waals surface area contributed by atoms with Crippen molar-refractivity contribution in [2.75, 3.05) is 0 Å². The van der Waals surface area contributed by atoms with Gasteiger partial charge in [0.25, 0.3) is 0 Å². The standard InChI is InChI=1S/C16H14ClFN2/c1-2-20-14-8-4-7-13(18)15(14)19-16(20)12-6-3-5-11(9-12)10-17/h3-9H,2,10H2,1H3. The Balaban J connectivity index is 2.27. The molecule has 0 aliphatic carbocycles. The van der Waals surface area contributed by atoms with Gasteiger partial charge in [-0.2, -0.15) is 0 Å². The fourth-order valence-electron chi connectivity index (χ4n) is 2.45. The zero-order valence-corrected chi connectivity index (χ0v) is 11.9. The van der Waals surface area contributed by atoms with Gasteiger partial charge in [-0.15, -0.1) is 11.6 Å². The van der Waals surface area contributed by atoms with Gasteiger partial charge < -0.3 is 4.57 Å². The molecule has 0 saturated carbocycles. The van der Waals surface area contributed by atoms with Crippen molar-refractivity contribution in [2.24, 2.45) is 0 Å². The normalized spacial score (nSPS) is 11.2. The van der Waals surface area contributed by atoms with Crippen LogP contribution in [0.3, 0.4) is 0 Å². The number of hydrogen-bond acceptors (Lipinski definition) is 1. The number of benzene rings is 2. The van der Waals surface area contributed by atoms with Crippen LogP contribution in [-0.2, 0) is 12.4 Å². The number of halogens is 2. The molecular weight excluding hydrogens is 275 g/mol. The topological polar surface area (TPSA) is 17.8 Å². The molecule has 0 N–H and O–H groups in total. The maximum absolute atomic E-state index is 13.9. The first-order valence-electron chi connectivity index (χ1n) is 6.54. The SMILES string of the molecule is CCn1c(-c2cccc(CCl)c2)nc2c(F)cccc21. The van der Waals surface area contributed by atoms with Crippen molar-refractivity contribution < 1.29 is 4.39 Å². The largest absolute Gasteiger partial charge is 0.324 e. The second kappa shape index (κ2) is 5.25. The van der Waals surface area contributed by atoms with E-state index in [0.717, 1.165) is 29.0 Å². The number of nitrogens with zero attached hydrogens (tertiary/aromatic N) is 2. The third-order valence-corrected chi connectivity index (χ3v) is 3.69. The number of hydrogen-bond donors (Lipinski definition) is 0. The number of rotatable bonds is 3. The van der Waals surface area contributed by atoms with Crippen LogP contribution in [0.2, 0.25) is 0 Å². The number of imidazole rings is 1. The predicted octanol–water partition coefficient (Wildman–Crippen LogP) is 4.60. The van der Waals surface area contributed by atoms with Gasteiger partial charge in [0.1, 0.15) is 11.3 Å². The molecule has 102 valence electrons. The molecule has 0 aliphatic heterocycles. The van der Waals surface area contributed by atoms with Crippen molar-refractivity contribution in [3.8, 4) is 11.4 Å². The van der Waals surface area contributed by atoms with Crippen LogP contribution < -0.4 is 0 Å². The number of para-hydroxylation sites is 1. The molecular formula is C16H14ClFN2. The van der Waals surface area contributed by atoms with Gasteiger partial charge in [0.05, 0.1) is 5.52 Å². The number of aryl methyl sites for hydroxylation is 1. The first kappa shape index (κ1) is 13.1. The van der Waals surface area contributed by atoms with Crippen LogP contribution in [0.25, 0.3) is 22.4 Å². The average molecular weight is 289 g/mol. The molecule has 0 unspecified atom stereocenters. The Bertz CT molecular complexity index is 764. The fraction of sp³-hybridized carbons (Fsp3) is 0.188. The number of fused-ring (bicyclic) bond motifs is 1. The lowest BCUT2D eigenvalue weighted by molar-refractivity contribution is 0.637. The Morgan fingerprint density at radius 2 is 2.00 bits per heavy atom. The third kappa shape index (κ3) is 2.08. The highest BCUT2D eigenvalue weighted by Gasteiger charge is 2.14. The van der Waals surface area contributed by atoms with E-state index >= 15 is 0 Å². The summed E-state index contributed by atoms with van der Waals surface area (Å²) in [6, 6.07) is 12.9. The average Bonchev–Trinajstić information content (AvgIpc) is 2.87. The molecule has 3 aromatic rings. The molecule has 0 bridgehead atoms. The van der Waals surface area contributed by atoms with Crippen LogP contribution in [0.1, 0.15) is 12.5 Å². The highest BCUT2D eigenvalue weighted by atomic mass is 35.5. The molecule has 1 heterocycles. The van der Waals surface area contributed by atoms with Crippen LogP contribution in [0.4, 0.5) is 4.39 Å². The van der Waals surface area contributed by atoms with Gasteiger partial charge in [0.15, 0.2) is 5.82 Å². The van der Waals surface area contributed by atoms with E-state index < -0.39 is 0 Å². The molecule has 0 fully saturated rings. The van der Waals surface area contributed by atoms with E-state index in [1.807, 2.05) is 41.8 Å². The second-order valence-electron chi connectivity index (χ2n) is 4.62. The zero-order chi connectivity index (χ0) is 14.1. The van der Waals surface area contributed by atoms with E-state index in [1.165, 1.54) is 6.07 Å². The van der Waals surface area contributed by atoms with E-state index in [4.69, 9.17) is 11.6 Å². The molecule has 3 rings (SSSR count). The van der Waals surface area contributed by atoms with Crippen molar-refractivity contribution in [1.82, 2.24) is 9.55 Å². The van der Waals surface area contributed by atoms with Crippen LogP contribution in [0.5, 0.6) is 0 Å². The first-order valence-corrected chi connectivity index (χ1v) is 7.08. The van der Waals surface area contributed by atoms with Crippen LogP contribution in [0.15, 0.2) is 42.5 Å². The van der Waals surface area contributed by atoms with Gasteiger partial charge in [0, 0.05) is 18.0 Å². The summed E-state index contributed by atoms with van der Waals surface area (Å²) in [5.41, 5.74) is 3.22. The van der Waals surface area contributed by atoms with Gasteiger partial charge in [-0.05, 0) is 30.7 Å². The maximum Gasteiger partial charge on any atom is 0.151 e. The molecule has 2 aromatic carbocycles. The van der Waals surface area contributed by atoms with E-state index in [0.29, 0.717) is 11.4 Å². The number of aromatic nitrogens is 2. The Labute approximate surface area is 121 Å². The summed E-state index contributed by atoms with van der Waals surface area (Å²) in [7, 11) is 0. The lowest BCUT2D eigenvalue weighted by atomic mass is 10.1. The summed E-state index contributed by atoms with van der Waals surface area (Å²) in [6.45, 7) is 2.77. The van der Waals surface area contributed by atoms with Gasteiger partial charge in [0.2, 0.25) is 0 Å². The van der Waals surface area contributed by atoms with Crippen LogP contribution >= 0.6 is 11.6 Å². The highest BCUT2D eigenvalue weighted by molar-refractivity contribution is 6.17. The molecule has 0 aliphatic rings. The molecule has 0 radical (unpaired) electrons. The minimum absolute atomic E-state index is 0.288. The van der Waals surface area contributed by atoms with E-state index in [1.54, 1.807) is 6.07 Å². The lowest BCUT2D eigenvalue weighted by Crippen LogP contribution is -1.97. The predicted molar refractivity (Wildman–Crippen MR) is 80.4 cm³/mol. The molecule has 2 nitrogen and oxygen atoms in total. The Hall–Kier alpha value is -1.87. The molecule has 1 aromatic heterocycles. The minimum atomic E-state index is -0.288. The molecule has 20 heavy (non-hydrogen) atoms. The van der Waals surface area contributed by atoms with Crippen molar-refractivity contribution >= 4 is 22.6 Å². The zero-order valence-electron chi connectivity index (χ0n) is 11.1. The maximum atomic E-state index is 13.9. The van der Waals surface area contributed by atoms with Crippen molar-refractivity contribution in [3.05, 3.63) is 53.8 Å². The van der Waals surface area contributed by atoms with E-state index in [-0.39, 0.29) is 5.82 Å². The van der Waals surface area contributed by atoms with Gasteiger partial charge in [-0.3, -0.25) is 0 Å². The second-order valence-corrected chi connectivity index (χ2v) is 4.89. The number of alkyl halides is 1. The van der Waals surface area contributed by atoms with E-state index in [9.17, 15) is 4.39 Å². The van der Waals surface area contributed by atoms with Gasteiger partial charge in [-0.25, -0.2) is 9.37 Å². The molecule has 4 heteroatoms. The monoisotopic (exact) mass is 288 g/mol. The fourth-order valence-corrected chi connectivity index (χ4v) is 2.61. The Morgan fingerprint density at radius 3 is 2.75 bits per heavy atom. The summed E-state index contributed by atoms with van der Waals surface area (Å²) in [5.74, 6) is 0.943. The Morgan fingerprint density at radius 1 is 1.20 bits per heavy atom. The smallest absolute Gasteiger partial charge is 0.151 e. The first-order chi connectivity index (χ1) is 9.74. The summed E-state index contributed by atoms with van der Waals surface area (Å²) < 4.78 is 15.9. The minimum Gasteiger partial charge on any atom is -0.324 e. The summed E-state index contributed by atoms with van der Waals surface area (Å²) in [4.78, 5) is 4.47. The summed E-state index contributed by atoms with van der Waals surface area (Å²) in [5, 5.41) is 0. The summed E-state index contributed by atoms with van der Waals surface area (Å²) >= 11 is 5.88. The molecule has 0 spiro atoms. The lowest BCUT2D eigenvalue weighted by Gasteiger charge is -2.07. The third-order valence-electron chi connectivity index (χ3n) is 3.39. The van der Waals surface area contributed by atoms with Gasteiger partial charge >= 0.3 is 0 Å². The van der Waals surface area contributed by atoms with Crippen LogP contribution in [-0.4, -0.2) is 9.55 Å². The molecule has 0 amide bonds. The molecule has 0 saturated heterocycles. The van der Waals surface area contributed by atoms with Crippen molar-refractivity contribution in [3.63, 3.8) is 0 Å². The Kier molecular flexibility index (Phi) is 3.45. The van der Waals surface area contributed by atoms with E-state index in [2.05, 4.69) is 4.98 Å². The summed E-state index contributed by atoms with van der Waals surface area (Å²) in [6.07, 6.45) is 0. The van der Waals surface area contributed by atoms with Crippen molar-refractivity contribution in [1.29, 1.82) is 0 Å². The van der Waals surface area contributed by atoms with Crippen LogP contribution in [0, 0.1) is 5.82 Å². The van der Waals surface area contributed by atoms with Gasteiger partial charge in [-0.1, -0.05) is 24.3 Å². The molecule has 0 atom stereocenters.